The summed E-state index contributed by atoms with van der Waals surface area (Å²) in [6.45, 7) is 6.41. The van der Waals surface area contributed by atoms with Gasteiger partial charge in [0.25, 0.3) is 0 Å². The van der Waals surface area contributed by atoms with Crippen molar-refractivity contribution in [1.29, 1.82) is 0 Å². The summed E-state index contributed by atoms with van der Waals surface area (Å²) >= 11 is 0. The van der Waals surface area contributed by atoms with Crippen molar-refractivity contribution >= 4 is 17.9 Å². The van der Waals surface area contributed by atoms with Crippen LogP contribution >= 0.6 is 0 Å². The number of esters is 3. The molecule has 0 amide bonds. The van der Waals surface area contributed by atoms with Crippen molar-refractivity contribution in [3.05, 3.63) is 109 Å². The third-order valence-corrected chi connectivity index (χ3v) is 14.5. The van der Waals surface area contributed by atoms with Gasteiger partial charge >= 0.3 is 17.9 Å². The number of carbonyl (C=O) groups is 3. The third kappa shape index (κ3) is 64.9. The zero-order chi connectivity index (χ0) is 57.8. The van der Waals surface area contributed by atoms with Crippen LogP contribution in [0.25, 0.3) is 0 Å². The second kappa shape index (κ2) is 67.6. The summed E-state index contributed by atoms with van der Waals surface area (Å²) < 4.78 is 16.9. The monoisotopic (exact) mass is 1110 g/mol. The van der Waals surface area contributed by atoms with E-state index in [4.69, 9.17) is 14.2 Å². The summed E-state index contributed by atoms with van der Waals surface area (Å²) in [5.74, 6) is -0.891. The van der Waals surface area contributed by atoms with Crippen molar-refractivity contribution in [1.82, 2.24) is 0 Å². The fraction of sp³-hybridized carbons (Fsp3) is 0.716. The Bertz CT molecular complexity index is 1610. The van der Waals surface area contributed by atoms with Crippen LogP contribution in [0.3, 0.4) is 0 Å². The predicted octanol–water partition coefficient (Wildman–Crippen LogP) is 23.4. The Morgan fingerprint density at radius 1 is 0.263 bits per heavy atom. The van der Waals surface area contributed by atoms with Gasteiger partial charge in [0.05, 0.1) is 0 Å². The molecular formula is C74H126O6. The summed E-state index contributed by atoms with van der Waals surface area (Å²) in [6.07, 6.45) is 92.6. The van der Waals surface area contributed by atoms with E-state index in [1.165, 1.54) is 148 Å². The van der Waals surface area contributed by atoms with Gasteiger partial charge in [-0.15, -0.1) is 0 Å². The van der Waals surface area contributed by atoms with Crippen LogP contribution in [-0.2, 0) is 28.6 Å². The molecule has 0 heterocycles. The van der Waals surface area contributed by atoms with E-state index in [1.807, 2.05) is 0 Å². The molecule has 0 fully saturated rings. The molecule has 1 unspecified atom stereocenters. The summed E-state index contributed by atoms with van der Waals surface area (Å²) in [4.78, 5) is 38.3. The standard InChI is InChI=1S/C74H126O6/c1-4-7-10-13-16-19-22-24-26-28-30-32-33-34-35-36-37-38-39-40-41-43-44-46-48-50-52-55-58-61-64-67-73(76)79-70-71(69-78-72(75)66-63-60-57-54-21-18-15-12-9-6-3)80-74(77)68-65-62-59-56-53-51-49-47-45-42-31-29-27-25-23-20-17-14-11-8-5-2/h7-8,10-11,16-17,19-20,24-27,30-32,42,47,49,71H,4-6,9,12-15,18,21-23,28-29,33-41,43-46,48,50-70H2,1-3H3/b10-7-,11-8-,19-16-,20-17-,26-24-,27-25-,32-30-,42-31-,49-47-. The molecule has 0 N–H and O–H groups in total. The third-order valence-electron chi connectivity index (χ3n) is 14.5. The molecule has 0 aliphatic rings. The van der Waals surface area contributed by atoms with E-state index in [-0.39, 0.29) is 31.1 Å². The predicted molar refractivity (Wildman–Crippen MR) is 348 cm³/mol. The molecule has 0 aromatic rings. The van der Waals surface area contributed by atoms with E-state index < -0.39 is 6.10 Å². The van der Waals surface area contributed by atoms with Crippen LogP contribution in [0.15, 0.2) is 109 Å². The van der Waals surface area contributed by atoms with E-state index >= 15 is 0 Å². The molecule has 6 heteroatoms. The minimum absolute atomic E-state index is 0.0826. The van der Waals surface area contributed by atoms with Crippen LogP contribution in [0.4, 0.5) is 0 Å². The zero-order valence-electron chi connectivity index (χ0n) is 52.6. The largest absolute Gasteiger partial charge is 0.462 e. The van der Waals surface area contributed by atoms with Crippen molar-refractivity contribution in [2.24, 2.45) is 0 Å². The van der Waals surface area contributed by atoms with Crippen LogP contribution < -0.4 is 0 Å². The minimum Gasteiger partial charge on any atom is -0.462 e. The van der Waals surface area contributed by atoms with Gasteiger partial charge in [0.15, 0.2) is 6.10 Å². The van der Waals surface area contributed by atoms with Crippen LogP contribution in [-0.4, -0.2) is 37.2 Å². The number of ether oxygens (including phenoxy) is 3. The first-order chi connectivity index (χ1) is 39.5. The van der Waals surface area contributed by atoms with Gasteiger partial charge in [-0.05, 0) is 103 Å². The van der Waals surface area contributed by atoms with Crippen molar-refractivity contribution < 1.29 is 28.6 Å². The lowest BCUT2D eigenvalue weighted by Crippen LogP contribution is -2.30. The minimum atomic E-state index is -0.787. The molecule has 0 aromatic heterocycles. The first kappa shape index (κ1) is 76.1. The van der Waals surface area contributed by atoms with Gasteiger partial charge in [-0.1, -0.05) is 310 Å². The molecule has 0 spiro atoms. The Morgan fingerprint density at radius 2 is 0.487 bits per heavy atom. The normalized spacial score (nSPS) is 12.8. The van der Waals surface area contributed by atoms with Crippen LogP contribution in [0.1, 0.15) is 323 Å². The van der Waals surface area contributed by atoms with Gasteiger partial charge in [0.1, 0.15) is 13.2 Å². The number of allylic oxidation sites excluding steroid dienone is 18. The number of carbonyl (C=O) groups excluding carboxylic acids is 3. The number of rotatable bonds is 61. The summed E-state index contributed by atoms with van der Waals surface area (Å²) in [7, 11) is 0. The number of hydrogen-bond donors (Lipinski definition) is 0. The highest BCUT2D eigenvalue weighted by Gasteiger charge is 2.19. The molecule has 1 atom stereocenters. The first-order valence-corrected chi connectivity index (χ1v) is 33.9. The van der Waals surface area contributed by atoms with E-state index in [9.17, 15) is 14.4 Å². The Hall–Kier alpha value is -3.93. The zero-order valence-corrected chi connectivity index (χ0v) is 52.6. The van der Waals surface area contributed by atoms with Gasteiger partial charge in [-0.3, -0.25) is 14.4 Å². The van der Waals surface area contributed by atoms with Crippen molar-refractivity contribution in [2.75, 3.05) is 13.2 Å². The van der Waals surface area contributed by atoms with Crippen LogP contribution in [0.5, 0.6) is 0 Å². The molecule has 0 radical (unpaired) electrons. The fourth-order valence-electron chi connectivity index (χ4n) is 9.52. The van der Waals surface area contributed by atoms with E-state index in [2.05, 4.69) is 130 Å². The van der Waals surface area contributed by atoms with Crippen LogP contribution in [0, 0.1) is 0 Å². The summed E-state index contributed by atoms with van der Waals surface area (Å²) in [6, 6.07) is 0. The second-order valence-corrected chi connectivity index (χ2v) is 22.3. The van der Waals surface area contributed by atoms with Crippen molar-refractivity contribution in [2.45, 2.75) is 329 Å². The SMILES string of the molecule is CC/C=C\C/C=C\C/C=C\C/C=C\C/C=C\CCCCCCCC(=O)OC(COC(=O)CCCCCCCCCCCC)COC(=O)CCCCCCCCCCCCCCCCCCCC/C=C\C/C=C\C/C=C\C/C=C\CC. The van der Waals surface area contributed by atoms with E-state index in [1.54, 1.807) is 0 Å². The van der Waals surface area contributed by atoms with E-state index in [0.717, 1.165) is 135 Å². The van der Waals surface area contributed by atoms with Gasteiger partial charge in [-0.2, -0.15) is 0 Å². The lowest BCUT2D eigenvalue weighted by Gasteiger charge is -2.18. The molecule has 0 aliphatic heterocycles. The number of hydrogen-bond acceptors (Lipinski definition) is 6. The molecule has 0 rings (SSSR count). The maximum absolute atomic E-state index is 12.9. The molecule has 0 aliphatic carbocycles. The van der Waals surface area contributed by atoms with Gasteiger partial charge in [-0.25, -0.2) is 0 Å². The maximum Gasteiger partial charge on any atom is 0.306 e. The maximum atomic E-state index is 12.9. The quantitative estimate of drug-likeness (QED) is 0.0261. The summed E-state index contributed by atoms with van der Waals surface area (Å²) in [5, 5.41) is 0. The topological polar surface area (TPSA) is 78.9 Å². The Kier molecular flexibility index (Phi) is 64.3. The summed E-state index contributed by atoms with van der Waals surface area (Å²) in [5.41, 5.74) is 0. The van der Waals surface area contributed by atoms with Crippen molar-refractivity contribution in [3.63, 3.8) is 0 Å². The van der Waals surface area contributed by atoms with Gasteiger partial charge in [0.2, 0.25) is 0 Å². The second-order valence-electron chi connectivity index (χ2n) is 22.3. The average Bonchev–Trinajstić information content (AvgIpc) is 3.46. The molecular weight excluding hydrogens is 985 g/mol. The molecule has 0 saturated carbocycles. The lowest BCUT2D eigenvalue weighted by molar-refractivity contribution is -0.167. The molecule has 458 valence electrons. The Balaban J connectivity index is 4.18. The van der Waals surface area contributed by atoms with E-state index in [0.29, 0.717) is 19.3 Å². The lowest BCUT2D eigenvalue weighted by atomic mass is 10.0. The van der Waals surface area contributed by atoms with Crippen molar-refractivity contribution in [3.8, 4) is 0 Å². The highest BCUT2D eigenvalue weighted by molar-refractivity contribution is 5.71. The molecule has 0 aromatic carbocycles. The molecule has 80 heavy (non-hydrogen) atoms. The van der Waals surface area contributed by atoms with Gasteiger partial charge < -0.3 is 14.2 Å². The average molecular weight is 1110 g/mol. The first-order valence-electron chi connectivity index (χ1n) is 33.9. The highest BCUT2D eigenvalue weighted by Crippen LogP contribution is 2.17. The van der Waals surface area contributed by atoms with Crippen LogP contribution in [0.2, 0.25) is 0 Å². The smallest absolute Gasteiger partial charge is 0.306 e. The highest BCUT2D eigenvalue weighted by atomic mass is 16.6. The Morgan fingerprint density at radius 3 is 0.762 bits per heavy atom. The molecule has 0 saturated heterocycles. The fourth-order valence-corrected chi connectivity index (χ4v) is 9.52. The Labute approximate surface area is 495 Å². The van der Waals surface area contributed by atoms with Gasteiger partial charge in [0, 0.05) is 19.3 Å². The molecule has 6 nitrogen and oxygen atoms in total. The number of unbranched alkanes of at least 4 members (excludes halogenated alkanes) is 32. The molecule has 0 bridgehead atoms.